The van der Waals surface area contributed by atoms with Crippen molar-refractivity contribution in [2.45, 2.75) is 51.5 Å². The van der Waals surface area contributed by atoms with Gasteiger partial charge in [0.15, 0.2) is 5.82 Å². The standard InChI is InChI=1S/C20H25N5O3/c1-13-9-16(11-21-10-13)20(27)24-7-5-17(12-24)25(14(2)26)8-6-18-22-19(28-23-18)15-3-4-15/h9-11,15,17H,3-8,12H2,1-2H3. The molecule has 28 heavy (non-hydrogen) atoms. The van der Waals surface area contributed by atoms with Crippen LogP contribution >= 0.6 is 0 Å². The summed E-state index contributed by atoms with van der Waals surface area (Å²) < 4.78 is 5.29. The maximum Gasteiger partial charge on any atom is 0.255 e. The van der Waals surface area contributed by atoms with Gasteiger partial charge in [-0.3, -0.25) is 14.6 Å². The molecule has 2 amide bonds. The molecule has 1 aliphatic carbocycles. The molecule has 0 spiro atoms. The lowest BCUT2D eigenvalue weighted by Crippen LogP contribution is -2.42. The van der Waals surface area contributed by atoms with Crippen LogP contribution in [0, 0.1) is 6.92 Å². The van der Waals surface area contributed by atoms with Gasteiger partial charge in [0, 0.05) is 51.3 Å². The first-order chi connectivity index (χ1) is 13.5. The van der Waals surface area contributed by atoms with E-state index in [1.165, 1.54) is 0 Å². The van der Waals surface area contributed by atoms with E-state index in [1.807, 2.05) is 17.9 Å². The topological polar surface area (TPSA) is 92.4 Å². The molecule has 0 N–H and O–H groups in total. The third kappa shape index (κ3) is 4.05. The number of aromatic nitrogens is 3. The van der Waals surface area contributed by atoms with Crippen molar-refractivity contribution in [3.05, 3.63) is 41.3 Å². The Kier molecular flexibility index (Phi) is 5.11. The first-order valence-corrected chi connectivity index (χ1v) is 9.82. The van der Waals surface area contributed by atoms with Crippen LogP contribution in [0.4, 0.5) is 0 Å². The first-order valence-electron chi connectivity index (χ1n) is 9.82. The highest BCUT2D eigenvalue weighted by Gasteiger charge is 2.33. The lowest BCUT2D eigenvalue weighted by atomic mass is 10.2. The van der Waals surface area contributed by atoms with Crippen LogP contribution in [-0.4, -0.2) is 62.4 Å². The van der Waals surface area contributed by atoms with Crippen molar-refractivity contribution < 1.29 is 14.1 Å². The summed E-state index contributed by atoms with van der Waals surface area (Å²) in [5.41, 5.74) is 1.55. The van der Waals surface area contributed by atoms with Crippen molar-refractivity contribution >= 4 is 11.8 Å². The number of carbonyl (C=O) groups excluding carboxylic acids is 2. The molecule has 2 aromatic rings. The molecule has 8 nitrogen and oxygen atoms in total. The Hall–Kier alpha value is -2.77. The van der Waals surface area contributed by atoms with E-state index >= 15 is 0 Å². The zero-order valence-corrected chi connectivity index (χ0v) is 16.3. The number of carbonyl (C=O) groups is 2. The highest BCUT2D eigenvalue weighted by Crippen LogP contribution is 2.38. The summed E-state index contributed by atoms with van der Waals surface area (Å²) in [7, 11) is 0. The average Bonchev–Trinajstić information content (AvgIpc) is 3.22. The van der Waals surface area contributed by atoms with E-state index in [-0.39, 0.29) is 17.9 Å². The fraction of sp³-hybridized carbons (Fsp3) is 0.550. The van der Waals surface area contributed by atoms with Gasteiger partial charge in [-0.05, 0) is 37.8 Å². The summed E-state index contributed by atoms with van der Waals surface area (Å²) in [6.45, 7) is 5.18. The Labute approximate surface area is 163 Å². The van der Waals surface area contributed by atoms with Gasteiger partial charge in [-0.25, -0.2) is 0 Å². The molecule has 1 saturated carbocycles. The van der Waals surface area contributed by atoms with Crippen LogP contribution in [0.15, 0.2) is 23.0 Å². The van der Waals surface area contributed by atoms with Crippen molar-refractivity contribution in [2.24, 2.45) is 0 Å². The first kappa shape index (κ1) is 18.6. The van der Waals surface area contributed by atoms with Crippen LogP contribution < -0.4 is 0 Å². The maximum atomic E-state index is 12.7. The second kappa shape index (κ2) is 7.69. The van der Waals surface area contributed by atoms with Gasteiger partial charge in [-0.15, -0.1) is 0 Å². The average molecular weight is 383 g/mol. The third-order valence-electron chi connectivity index (χ3n) is 5.40. The minimum Gasteiger partial charge on any atom is -0.339 e. The van der Waals surface area contributed by atoms with E-state index in [2.05, 4.69) is 15.1 Å². The minimum absolute atomic E-state index is 0.00225. The molecule has 2 aliphatic rings. The van der Waals surface area contributed by atoms with Gasteiger partial charge < -0.3 is 14.3 Å². The zero-order chi connectivity index (χ0) is 19.7. The van der Waals surface area contributed by atoms with Gasteiger partial charge in [-0.2, -0.15) is 4.98 Å². The summed E-state index contributed by atoms with van der Waals surface area (Å²) >= 11 is 0. The van der Waals surface area contributed by atoms with Gasteiger partial charge in [0.25, 0.3) is 5.91 Å². The molecule has 1 aliphatic heterocycles. The van der Waals surface area contributed by atoms with Crippen LogP contribution in [0.1, 0.15) is 59.7 Å². The van der Waals surface area contributed by atoms with E-state index in [9.17, 15) is 9.59 Å². The summed E-state index contributed by atoms with van der Waals surface area (Å²) in [5.74, 6) is 1.76. The van der Waals surface area contributed by atoms with E-state index in [1.54, 1.807) is 24.2 Å². The number of hydrogen-bond acceptors (Lipinski definition) is 6. The van der Waals surface area contributed by atoms with E-state index in [0.717, 1.165) is 24.8 Å². The Morgan fingerprint density at radius 1 is 1.29 bits per heavy atom. The van der Waals surface area contributed by atoms with Crippen LogP contribution in [0.5, 0.6) is 0 Å². The number of hydrogen-bond donors (Lipinski definition) is 0. The molecular weight excluding hydrogens is 358 g/mol. The molecule has 2 fully saturated rings. The number of aryl methyl sites for hydroxylation is 1. The smallest absolute Gasteiger partial charge is 0.255 e. The lowest BCUT2D eigenvalue weighted by Gasteiger charge is -2.27. The second-order valence-electron chi connectivity index (χ2n) is 7.73. The number of nitrogens with zero attached hydrogens (tertiary/aromatic N) is 5. The summed E-state index contributed by atoms with van der Waals surface area (Å²) in [5, 5.41) is 4.03. The molecule has 0 aromatic carbocycles. The molecular formula is C20H25N5O3. The van der Waals surface area contributed by atoms with Crippen molar-refractivity contribution in [1.29, 1.82) is 0 Å². The van der Waals surface area contributed by atoms with E-state index < -0.39 is 0 Å². The van der Waals surface area contributed by atoms with Crippen LogP contribution in [-0.2, 0) is 11.2 Å². The molecule has 8 heteroatoms. The predicted octanol–water partition coefficient (Wildman–Crippen LogP) is 1.96. The fourth-order valence-corrected chi connectivity index (χ4v) is 3.72. The number of likely N-dealkylation sites (tertiary alicyclic amines) is 1. The molecule has 1 atom stereocenters. The Balaban J connectivity index is 1.36. The van der Waals surface area contributed by atoms with E-state index in [4.69, 9.17) is 4.52 Å². The molecule has 1 saturated heterocycles. The van der Waals surface area contributed by atoms with Crippen molar-refractivity contribution in [2.75, 3.05) is 19.6 Å². The molecule has 3 heterocycles. The normalized spacial score (nSPS) is 19.1. The quantitative estimate of drug-likeness (QED) is 0.757. The van der Waals surface area contributed by atoms with Gasteiger partial charge in [-0.1, -0.05) is 5.16 Å². The molecule has 2 aromatic heterocycles. The molecule has 148 valence electrons. The van der Waals surface area contributed by atoms with Crippen molar-refractivity contribution in [3.8, 4) is 0 Å². The SMILES string of the molecule is CC(=O)N(CCc1noc(C2CC2)n1)C1CCN(C(=O)c2cncc(C)c2)C1. The number of pyridine rings is 1. The van der Waals surface area contributed by atoms with Gasteiger partial charge in [0.1, 0.15) is 0 Å². The van der Waals surface area contributed by atoms with Crippen LogP contribution in [0.2, 0.25) is 0 Å². The summed E-state index contributed by atoms with van der Waals surface area (Å²) in [6, 6.07) is 1.85. The van der Waals surface area contributed by atoms with Gasteiger partial charge >= 0.3 is 0 Å². The largest absolute Gasteiger partial charge is 0.339 e. The summed E-state index contributed by atoms with van der Waals surface area (Å²) in [6.07, 6.45) is 6.88. The molecule has 1 unspecified atom stereocenters. The molecule has 0 radical (unpaired) electrons. The monoisotopic (exact) mass is 383 g/mol. The summed E-state index contributed by atoms with van der Waals surface area (Å²) in [4.78, 5) is 37.1. The van der Waals surface area contributed by atoms with Gasteiger partial charge in [0.2, 0.25) is 11.8 Å². The Bertz CT molecular complexity index is 876. The van der Waals surface area contributed by atoms with Crippen molar-refractivity contribution in [1.82, 2.24) is 24.9 Å². The molecule has 4 rings (SSSR count). The van der Waals surface area contributed by atoms with Crippen LogP contribution in [0.3, 0.4) is 0 Å². The predicted molar refractivity (Wildman–Crippen MR) is 101 cm³/mol. The highest BCUT2D eigenvalue weighted by atomic mass is 16.5. The lowest BCUT2D eigenvalue weighted by molar-refractivity contribution is -0.130. The maximum absolute atomic E-state index is 12.7. The van der Waals surface area contributed by atoms with Crippen molar-refractivity contribution in [3.63, 3.8) is 0 Å². The van der Waals surface area contributed by atoms with Crippen LogP contribution in [0.25, 0.3) is 0 Å². The number of rotatable bonds is 6. The number of amides is 2. The Morgan fingerprint density at radius 2 is 2.11 bits per heavy atom. The fourth-order valence-electron chi connectivity index (χ4n) is 3.72. The Morgan fingerprint density at radius 3 is 2.82 bits per heavy atom. The van der Waals surface area contributed by atoms with Gasteiger partial charge in [0.05, 0.1) is 11.6 Å². The zero-order valence-electron chi connectivity index (χ0n) is 16.3. The highest BCUT2D eigenvalue weighted by molar-refractivity contribution is 5.94. The van der Waals surface area contributed by atoms with E-state index in [0.29, 0.717) is 49.3 Å². The molecule has 0 bridgehead atoms. The second-order valence-corrected chi connectivity index (χ2v) is 7.73. The minimum atomic E-state index is -0.0329. The third-order valence-corrected chi connectivity index (χ3v) is 5.40.